The van der Waals surface area contributed by atoms with Gasteiger partial charge in [-0.3, -0.25) is 4.57 Å². The van der Waals surface area contributed by atoms with Crippen molar-refractivity contribution in [3.63, 3.8) is 0 Å². The number of rotatable bonds is 1. The second kappa shape index (κ2) is 3.61. The minimum Gasteiger partial charge on any atom is -0.300 e. The Kier molecular flexibility index (Phi) is 2.11. The molecule has 0 bridgehead atoms. The van der Waals surface area contributed by atoms with E-state index in [2.05, 4.69) is 9.97 Å². The van der Waals surface area contributed by atoms with Gasteiger partial charge in [-0.15, -0.1) is 0 Å². The molecule has 3 aromatic rings. The van der Waals surface area contributed by atoms with Crippen LogP contribution in [0.3, 0.4) is 0 Å². The maximum absolute atomic E-state index is 5.85. The minimum atomic E-state index is 0.406. The third-order valence-corrected chi connectivity index (χ3v) is 2.58. The van der Waals surface area contributed by atoms with Gasteiger partial charge in [0.1, 0.15) is 10.7 Å². The van der Waals surface area contributed by atoms with Crippen molar-refractivity contribution in [1.82, 2.24) is 14.5 Å². The average molecular weight is 230 g/mol. The van der Waals surface area contributed by atoms with Crippen molar-refractivity contribution >= 4 is 22.8 Å². The van der Waals surface area contributed by atoms with E-state index in [0.29, 0.717) is 5.15 Å². The van der Waals surface area contributed by atoms with Gasteiger partial charge in [0.15, 0.2) is 5.65 Å². The van der Waals surface area contributed by atoms with Crippen LogP contribution in [0.1, 0.15) is 0 Å². The van der Waals surface area contributed by atoms with Crippen LogP contribution in [0, 0.1) is 0 Å². The number of hydrogen-bond donors (Lipinski definition) is 0. The highest BCUT2D eigenvalue weighted by molar-refractivity contribution is 6.29. The summed E-state index contributed by atoms with van der Waals surface area (Å²) in [5.41, 5.74) is 2.67. The number of fused-ring (bicyclic) bond motifs is 1. The van der Waals surface area contributed by atoms with Gasteiger partial charge in [-0.05, 0) is 18.2 Å². The van der Waals surface area contributed by atoms with Crippen molar-refractivity contribution in [3.8, 4) is 5.69 Å². The van der Waals surface area contributed by atoms with Gasteiger partial charge in [0.05, 0.1) is 6.20 Å². The molecule has 0 radical (unpaired) electrons. The second-order valence-electron chi connectivity index (χ2n) is 3.42. The molecule has 0 unspecified atom stereocenters. The molecule has 3 nitrogen and oxygen atoms in total. The minimum absolute atomic E-state index is 0.406. The summed E-state index contributed by atoms with van der Waals surface area (Å²) in [5, 5.41) is 0.406. The number of halogens is 1. The van der Waals surface area contributed by atoms with E-state index in [1.54, 1.807) is 6.20 Å². The molecule has 0 saturated carbocycles. The summed E-state index contributed by atoms with van der Waals surface area (Å²) in [6, 6.07) is 11.9. The highest BCUT2D eigenvalue weighted by atomic mass is 35.5. The number of benzene rings is 1. The van der Waals surface area contributed by atoms with E-state index >= 15 is 0 Å². The van der Waals surface area contributed by atoms with Crippen molar-refractivity contribution < 1.29 is 0 Å². The van der Waals surface area contributed by atoms with Gasteiger partial charge in [0.25, 0.3) is 0 Å². The van der Waals surface area contributed by atoms with Gasteiger partial charge >= 0.3 is 0 Å². The van der Waals surface area contributed by atoms with Gasteiger partial charge in [0, 0.05) is 11.9 Å². The maximum atomic E-state index is 5.85. The van der Waals surface area contributed by atoms with E-state index in [-0.39, 0.29) is 0 Å². The standard InChI is InChI=1S/C12H8ClN3/c13-11-8-14-10-6-7-16(12(10)15-11)9-4-2-1-3-5-9/h1-8H. The topological polar surface area (TPSA) is 30.7 Å². The molecule has 4 heteroatoms. The summed E-state index contributed by atoms with van der Waals surface area (Å²) < 4.78 is 1.97. The number of para-hydroxylation sites is 1. The van der Waals surface area contributed by atoms with Crippen LogP contribution >= 0.6 is 11.6 Å². The van der Waals surface area contributed by atoms with Crippen molar-refractivity contribution in [3.05, 3.63) is 53.9 Å². The summed E-state index contributed by atoms with van der Waals surface area (Å²) in [4.78, 5) is 8.49. The molecule has 0 aliphatic carbocycles. The first-order valence-corrected chi connectivity index (χ1v) is 5.27. The second-order valence-corrected chi connectivity index (χ2v) is 3.81. The lowest BCUT2D eigenvalue weighted by atomic mass is 10.3. The molecule has 0 atom stereocenters. The fourth-order valence-electron chi connectivity index (χ4n) is 1.68. The lowest BCUT2D eigenvalue weighted by molar-refractivity contribution is 1.09. The smallest absolute Gasteiger partial charge is 0.164 e. The summed E-state index contributed by atoms with van der Waals surface area (Å²) in [7, 11) is 0. The van der Waals surface area contributed by atoms with Crippen molar-refractivity contribution in [2.75, 3.05) is 0 Å². The zero-order valence-corrected chi connectivity index (χ0v) is 9.09. The molecular weight excluding hydrogens is 222 g/mol. The van der Waals surface area contributed by atoms with Crippen LogP contribution in [0.2, 0.25) is 5.15 Å². The van der Waals surface area contributed by atoms with Crippen molar-refractivity contribution in [1.29, 1.82) is 0 Å². The molecule has 3 rings (SSSR count). The van der Waals surface area contributed by atoms with Gasteiger partial charge in [0.2, 0.25) is 0 Å². The molecule has 16 heavy (non-hydrogen) atoms. The molecule has 0 amide bonds. The molecule has 2 heterocycles. The fourth-order valence-corrected chi connectivity index (χ4v) is 1.80. The van der Waals surface area contributed by atoms with Gasteiger partial charge in [-0.2, -0.15) is 0 Å². The first-order valence-electron chi connectivity index (χ1n) is 4.89. The first kappa shape index (κ1) is 9.36. The summed E-state index contributed by atoms with van der Waals surface area (Å²) >= 11 is 5.85. The Hall–Kier alpha value is -1.87. The average Bonchev–Trinajstić information content (AvgIpc) is 2.73. The normalized spacial score (nSPS) is 10.8. The van der Waals surface area contributed by atoms with E-state index in [4.69, 9.17) is 11.6 Å². The van der Waals surface area contributed by atoms with Crippen molar-refractivity contribution in [2.24, 2.45) is 0 Å². The number of aromatic nitrogens is 3. The Balaban J connectivity index is 2.29. The zero-order chi connectivity index (χ0) is 11.0. The molecule has 0 fully saturated rings. The predicted octanol–water partition coefficient (Wildman–Crippen LogP) is 3.07. The monoisotopic (exact) mass is 229 g/mol. The molecule has 0 saturated heterocycles. The van der Waals surface area contributed by atoms with Crippen LogP contribution in [0.4, 0.5) is 0 Å². The molecule has 0 aliphatic rings. The third kappa shape index (κ3) is 1.46. The van der Waals surface area contributed by atoms with E-state index in [1.165, 1.54) is 0 Å². The largest absolute Gasteiger partial charge is 0.300 e. The molecular formula is C12H8ClN3. The fraction of sp³-hybridized carbons (Fsp3) is 0. The van der Waals surface area contributed by atoms with Gasteiger partial charge in [-0.1, -0.05) is 29.8 Å². The quantitative estimate of drug-likeness (QED) is 0.642. The highest BCUT2D eigenvalue weighted by Crippen LogP contribution is 2.18. The maximum Gasteiger partial charge on any atom is 0.164 e. The van der Waals surface area contributed by atoms with Crippen LogP contribution in [-0.2, 0) is 0 Å². The van der Waals surface area contributed by atoms with E-state index in [1.807, 2.05) is 47.2 Å². The molecule has 0 aliphatic heterocycles. The zero-order valence-electron chi connectivity index (χ0n) is 8.34. The summed E-state index contributed by atoms with van der Waals surface area (Å²) in [6.07, 6.45) is 3.50. The Morgan fingerprint density at radius 3 is 2.69 bits per heavy atom. The SMILES string of the molecule is Clc1cnc2ccn(-c3ccccc3)c2n1. The Bertz CT molecular complexity index is 631. The van der Waals surface area contributed by atoms with Crippen LogP contribution in [0.25, 0.3) is 16.9 Å². The highest BCUT2D eigenvalue weighted by Gasteiger charge is 2.05. The van der Waals surface area contributed by atoms with Gasteiger partial charge < -0.3 is 0 Å². The van der Waals surface area contributed by atoms with E-state index in [0.717, 1.165) is 16.9 Å². The predicted molar refractivity (Wildman–Crippen MR) is 63.9 cm³/mol. The Morgan fingerprint density at radius 1 is 1.06 bits per heavy atom. The van der Waals surface area contributed by atoms with Crippen LogP contribution in [0.15, 0.2) is 48.8 Å². The van der Waals surface area contributed by atoms with Crippen LogP contribution < -0.4 is 0 Å². The van der Waals surface area contributed by atoms with Crippen LogP contribution in [-0.4, -0.2) is 14.5 Å². The summed E-state index contributed by atoms with van der Waals surface area (Å²) in [5.74, 6) is 0. The van der Waals surface area contributed by atoms with Crippen molar-refractivity contribution in [2.45, 2.75) is 0 Å². The third-order valence-electron chi connectivity index (χ3n) is 2.40. The molecule has 2 aromatic heterocycles. The molecule has 78 valence electrons. The number of nitrogens with zero attached hydrogens (tertiary/aromatic N) is 3. The lowest BCUT2D eigenvalue weighted by Gasteiger charge is -2.03. The molecule has 0 spiro atoms. The lowest BCUT2D eigenvalue weighted by Crippen LogP contribution is -1.93. The van der Waals surface area contributed by atoms with E-state index < -0.39 is 0 Å². The number of hydrogen-bond acceptors (Lipinski definition) is 2. The molecule has 1 aromatic carbocycles. The van der Waals surface area contributed by atoms with E-state index in [9.17, 15) is 0 Å². The first-order chi connectivity index (χ1) is 7.84. The Morgan fingerprint density at radius 2 is 1.88 bits per heavy atom. The van der Waals surface area contributed by atoms with Gasteiger partial charge in [-0.25, -0.2) is 9.97 Å². The summed E-state index contributed by atoms with van der Waals surface area (Å²) in [6.45, 7) is 0. The van der Waals surface area contributed by atoms with Crippen LogP contribution in [0.5, 0.6) is 0 Å². The Labute approximate surface area is 97.3 Å². The molecule has 0 N–H and O–H groups in total.